The molecule has 0 aliphatic rings. The molecule has 0 amide bonds. The summed E-state index contributed by atoms with van der Waals surface area (Å²) in [6.07, 6.45) is 0. The molecule has 1 atom stereocenters. The summed E-state index contributed by atoms with van der Waals surface area (Å²) in [7, 11) is -7.03. The number of halogens is 6. The summed E-state index contributed by atoms with van der Waals surface area (Å²) in [6.45, 7) is 3.36. The summed E-state index contributed by atoms with van der Waals surface area (Å²) in [4.78, 5) is 0. The van der Waals surface area contributed by atoms with Gasteiger partial charge in [0.1, 0.15) is 0 Å². The van der Waals surface area contributed by atoms with E-state index >= 15 is 0 Å². The van der Waals surface area contributed by atoms with Gasteiger partial charge in [0.15, 0.2) is 5.67 Å². The summed E-state index contributed by atoms with van der Waals surface area (Å²) in [5.41, 5.74) is -10.5. The van der Waals surface area contributed by atoms with Crippen molar-refractivity contribution in [3.8, 4) is 0 Å². The second-order valence-electron chi connectivity index (χ2n) is 4.42. The number of rotatable bonds is 3. The predicted octanol–water partition coefficient (Wildman–Crippen LogP) is 3.71. The van der Waals surface area contributed by atoms with Crippen LogP contribution in [-0.2, 0) is 4.63 Å². The number of hydrogen-bond acceptors (Lipinski definition) is 1. The van der Waals surface area contributed by atoms with Crippen molar-refractivity contribution in [1.82, 2.24) is 0 Å². The second kappa shape index (κ2) is 3.65. The van der Waals surface area contributed by atoms with Crippen LogP contribution in [0.5, 0.6) is 0 Å². The Hall–Kier alpha value is -0.243. The topological polar surface area (TPSA) is 9.23 Å². The lowest BCUT2D eigenvalue weighted by Gasteiger charge is -2.40. The van der Waals surface area contributed by atoms with Gasteiger partial charge in [0.25, 0.3) is 0 Å². The van der Waals surface area contributed by atoms with Gasteiger partial charge in [-0.25, -0.2) is 12.6 Å². The van der Waals surface area contributed by atoms with Crippen LogP contribution in [0.2, 0.25) is 0 Å². The van der Waals surface area contributed by atoms with Gasteiger partial charge in [0.2, 0.25) is 0 Å². The lowest BCUT2D eigenvalue weighted by molar-refractivity contribution is -0.176. The zero-order valence-electron chi connectivity index (χ0n) is 8.68. The van der Waals surface area contributed by atoms with E-state index in [2.05, 4.69) is 0 Å². The molecule has 0 saturated heterocycles. The Balaban J connectivity index is 5.38. The maximum Gasteiger partial charge on any atom is 0.686 e. The standard InChI is InChI=1S/C7H12F6OSi/c1-5(2,3)6(4,8)7(9,10)15(12,13)14-11/h1-4H3. The first-order chi connectivity index (χ1) is 6.31. The van der Waals surface area contributed by atoms with E-state index in [0.717, 1.165) is 20.8 Å². The van der Waals surface area contributed by atoms with E-state index in [4.69, 9.17) is 0 Å². The smallest absolute Gasteiger partial charge is 0.237 e. The lowest BCUT2D eigenvalue weighted by Crippen LogP contribution is -2.63. The third kappa shape index (κ3) is 2.15. The molecule has 0 aromatic heterocycles. The molecule has 0 saturated carbocycles. The molecule has 0 rings (SSSR count). The largest absolute Gasteiger partial charge is 0.686 e. The molecule has 0 aliphatic heterocycles. The molecular formula is C7H12F6OSi. The minimum absolute atomic E-state index is 0.312. The summed E-state index contributed by atoms with van der Waals surface area (Å²) < 4.78 is 78.1. The molecule has 0 aliphatic carbocycles. The lowest BCUT2D eigenvalue weighted by atomic mass is 9.79. The monoisotopic (exact) mass is 254 g/mol. The van der Waals surface area contributed by atoms with Gasteiger partial charge >= 0.3 is 14.5 Å². The minimum Gasteiger partial charge on any atom is -0.237 e. The van der Waals surface area contributed by atoms with Gasteiger partial charge in [-0.3, -0.25) is 0 Å². The normalized spacial score (nSPS) is 18.8. The average molecular weight is 254 g/mol. The first kappa shape index (κ1) is 14.8. The van der Waals surface area contributed by atoms with Crippen LogP contribution in [-0.4, -0.2) is 20.2 Å². The molecule has 15 heavy (non-hydrogen) atoms. The van der Waals surface area contributed by atoms with Crippen LogP contribution >= 0.6 is 0 Å². The van der Waals surface area contributed by atoms with Crippen LogP contribution in [0.4, 0.5) is 25.9 Å². The van der Waals surface area contributed by atoms with Crippen LogP contribution in [0, 0.1) is 5.41 Å². The first-order valence-corrected chi connectivity index (χ1v) is 5.72. The van der Waals surface area contributed by atoms with Gasteiger partial charge in [-0.15, -0.1) is 0 Å². The van der Waals surface area contributed by atoms with E-state index in [-0.39, 0.29) is 0 Å². The highest BCUT2D eigenvalue weighted by Crippen LogP contribution is 2.50. The quantitative estimate of drug-likeness (QED) is 0.424. The van der Waals surface area contributed by atoms with E-state index in [1.54, 1.807) is 0 Å². The average Bonchev–Trinajstić information content (AvgIpc) is 2.01. The molecule has 92 valence electrons. The van der Waals surface area contributed by atoms with Crippen molar-refractivity contribution in [2.45, 2.75) is 38.9 Å². The molecule has 0 aromatic carbocycles. The van der Waals surface area contributed by atoms with Crippen molar-refractivity contribution in [1.29, 1.82) is 0 Å². The van der Waals surface area contributed by atoms with Gasteiger partial charge in [-0.2, -0.15) is 13.4 Å². The zero-order chi connectivity index (χ0) is 12.7. The van der Waals surface area contributed by atoms with Gasteiger partial charge in [0, 0.05) is 5.41 Å². The minimum atomic E-state index is -7.03. The molecule has 0 aromatic rings. The third-order valence-corrected chi connectivity index (χ3v) is 3.85. The molecular weight excluding hydrogens is 242 g/mol. The van der Waals surface area contributed by atoms with Gasteiger partial charge in [-0.05, 0) is 6.92 Å². The van der Waals surface area contributed by atoms with Crippen LogP contribution < -0.4 is 0 Å². The fourth-order valence-corrected chi connectivity index (χ4v) is 1.81. The van der Waals surface area contributed by atoms with Crippen LogP contribution in [0.25, 0.3) is 0 Å². The Labute approximate surface area is 84.8 Å². The van der Waals surface area contributed by atoms with Crippen molar-refractivity contribution in [3.63, 3.8) is 0 Å². The van der Waals surface area contributed by atoms with Crippen molar-refractivity contribution < 1.29 is 30.5 Å². The Morgan fingerprint density at radius 1 is 0.933 bits per heavy atom. The number of alkyl halides is 3. The van der Waals surface area contributed by atoms with E-state index in [1.165, 1.54) is 0 Å². The van der Waals surface area contributed by atoms with Crippen molar-refractivity contribution in [2.24, 2.45) is 5.41 Å². The zero-order valence-corrected chi connectivity index (χ0v) is 9.68. The van der Waals surface area contributed by atoms with Crippen molar-refractivity contribution in [2.75, 3.05) is 0 Å². The molecule has 0 fully saturated rings. The van der Waals surface area contributed by atoms with Crippen molar-refractivity contribution >= 4 is 8.99 Å². The summed E-state index contributed by atoms with van der Waals surface area (Å²) in [6, 6.07) is 0. The predicted molar refractivity (Wildman–Crippen MR) is 44.1 cm³/mol. The Morgan fingerprint density at radius 3 is 1.47 bits per heavy atom. The molecule has 1 unspecified atom stereocenters. The number of hydrogen-bond donors (Lipinski definition) is 0. The highest BCUT2D eigenvalue weighted by Gasteiger charge is 2.77. The molecule has 0 bridgehead atoms. The molecule has 0 N–H and O–H groups in total. The Bertz CT molecular complexity index is 234. The summed E-state index contributed by atoms with van der Waals surface area (Å²) in [5, 5.41) is 0. The highest BCUT2D eigenvalue weighted by atomic mass is 28.4. The summed E-state index contributed by atoms with van der Waals surface area (Å²) >= 11 is 0. The SMILES string of the molecule is CC(C)(C)C(C)(F)C(F)(F)[Si](F)(F)OF. The van der Waals surface area contributed by atoms with Gasteiger partial charge in [-0.1, -0.05) is 25.3 Å². The fourth-order valence-electron chi connectivity index (χ4n) is 0.793. The molecule has 0 heterocycles. The first-order valence-electron chi connectivity index (χ1n) is 4.05. The third-order valence-electron chi connectivity index (χ3n) is 2.46. The van der Waals surface area contributed by atoms with Crippen LogP contribution in [0.3, 0.4) is 0 Å². The maximum absolute atomic E-state index is 13.6. The molecule has 0 radical (unpaired) electrons. The van der Waals surface area contributed by atoms with E-state index in [0.29, 0.717) is 6.92 Å². The van der Waals surface area contributed by atoms with E-state index < -0.39 is 25.6 Å². The molecule has 1 nitrogen and oxygen atoms in total. The van der Waals surface area contributed by atoms with Crippen LogP contribution in [0.15, 0.2) is 0 Å². The van der Waals surface area contributed by atoms with Gasteiger partial charge in [0.05, 0.1) is 0 Å². The van der Waals surface area contributed by atoms with Crippen molar-refractivity contribution in [3.05, 3.63) is 0 Å². The highest BCUT2D eigenvalue weighted by molar-refractivity contribution is 6.62. The fraction of sp³-hybridized carbons (Fsp3) is 1.00. The van der Waals surface area contributed by atoms with E-state index in [1.807, 2.05) is 4.63 Å². The molecule has 8 heteroatoms. The van der Waals surface area contributed by atoms with E-state index in [9.17, 15) is 25.9 Å². The molecule has 0 spiro atoms. The Kier molecular flexibility index (Phi) is 3.59. The second-order valence-corrected chi connectivity index (χ2v) is 6.24. The van der Waals surface area contributed by atoms with Crippen LogP contribution in [0.1, 0.15) is 27.7 Å². The van der Waals surface area contributed by atoms with Gasteiger partial charge < -0.3 is 0 Å². The maximum atomic E-state index is 13.6. The Morgan fingerprint density at radius 2 is 1.27 bits per heavy atom. The summed E-state index contributed by atoms with van der Waals surface area (Å²) in [5.74, 6) is 0.